The molecule has 0 bridgehead atoms. The SMILES string of the molecule is CC(C)(C)OC(=O)CCCOCCOCCOCCOCCOCCN=[N+]=[N-]. The third-order valence-electron chi connectivity index (χ3n) is 2.98. The molecule has 28 heavy (non-hydrogen) atoms. The molecule has 0 spiro atoms. The van der Waals surface area contributed by atoms with E-state index >= 15 is 0 Å². The van der Waals surface area contributed by atoms with Crippen molar-refractivity contribution in [3.8, 4) is 0 Å². The van der Waals surface area contributed by atoms with Crippen molar-refractivity contribution in [2.24, 2.45) is 5.11 Å². The molecule has 0 aliphatic carbocycles. The summed E-state index contributed by atoms with van der Waals surface area (Å²) in [6.07, 6.45) is 0.993. The fourth-order valence-corrected chi connectivity index (χ4v) is 1.84. The molecule has 10 nitrogen and oxygen atoms in total. The fraction of sp³-hybridized carbons (Fsp3) is 0.944. The molecule has 0 atom stereocenters. The Hall–Kier alpha value is -1.42. The molecule has 0 fully saturated rings. The van der Waals surface area contributed by atoms with Crippen molar-refractivity contribution >= 4 is 5.97 Å². The van der Waals surface area contributed by atoms with Gasteiger partial charge >= 0.3 is 5.97 Å². The molecule has 0 heterocycles. The maximum atomic E-state index is 11.5. The highest BCUT2D eigenvalue weighted by atomic mass is 16.6. The lowest BCUT2D eigenvalue weighted by atomic mass is 10.2. The molecule has 0 aliphatic heterocycles. The summed E-state index contributed by atoms with van der Waals surface area (Å²) in [6, 6.07) is 0. The van der Waals surface area contributed by atoms with Crippen molar-refractivity contribution < 1.29 is 33.2 Å². The van der Waals surface area contributed by atoms with Crippen molar-refractivity contribution in [2.45, 2.75) is 39.2 Å². The van der Waals surface area contributed by atoms with Crippen LogP contribution in [-0.2, 0) is 33.2 Å². The molecule has 0 unspecified atom stereocenters. The van der Waals surface area contributed by atoms with Crippen LogP contribution >= 0.6 is 0 Å². The highest BCUT2D eigenvalue weighted by Gasteiger charge is 2.15. The number of carbonyl (C=O) groups excluding carboxylic acids is 1. The number of hydrogen-bond donors (Lipinski definition) is 0. The summed E-state index contributed by atoms with van der Waals surface area (Å²) in [5.74, 6) is -0.202. The van der Waals surface area contributed by atoms with E-state index in [9.17, 15) is 4.79 Å². The predicted molar refractivity (Wildman–Crippen MR) is 103 cm³/mol. The van der Waals surface area contributed by atoms with Gasteiger partial charge < -0.3 is 28.4 Å². The molecule has 0 saturated heterocycles. The Morgan fingerprint density at radius 2 is 1.21 bits per heavy atom. The van der Waals surface area contributed by atoms with E-state index in [1.165, 1.54) is 0 Å². The van der Waals surface area contributed by atoms with Crippen LogP contribution in [0.25, 0.3) is 10.4 Å². The summed E-state index contributed by atoms with van der Waals surface area (Å²) in [6.45, 7) is 10.6. The van der Waals surface area contributed by atoms with Gasteiger partial charge in [0.05, 0.1) is 59.5 Å². The van der Waals surface area contributed by atoms with Crippen LogP contribution in [0.1, 0.15) is 33.6 Å². The minimum atomic E-state index is -0.441. The van der Waals surface area contributed by atoms with Crippen molar-refractivity contribution in [1.29, 1.82) is 0 Å². The van der Waals surface area contributed by atoms with E-state index in [0.717, 1.165) is 0 Å². The Labute approximate surface area is 167 Å². The fourth-order valence-electron chi connectivity index (χ4n) is 1.84. The summed E-state index contributed by atoms with van der Waals surface area (Å²) in [5.41, 5.74) is 7.64. The van der Waals surface area contributed by atoms with E-state index in [1.54, 1.807) is 0 Å². The zero-order valence-electron chi connectivity index (χ0n) is 17.4. The average molecular weight is 405 g/mol. The number of ether oxygens (including phenoxy) is 6. The van der Waals surface area contributed by atoms with E-state index in [0.29, 0.717) is 85.5 Å². The van der Waals surface area contributed by atoms with E-state index < -0.39 is 5.60 Å². The Kier molecular flexibility index (Phi) is 18.0. The highest BCUT2D eigenvalue weighted by Crippen LogP contribution is 2.08. The van der Waals surface area contributed by atoms with Gasteiger partial charge in [0.15, 0.2) is 0 Å². The number of azide groups is 1. The van der Waals surface area contributed by atoms with Gasteiger partial charge in [0.2, 0.25) is 0 Å². The van der Waals surface area contributed by atoms with Crippen LogP contribution in [0.2, 0.25) is 0 Å². The van der Waals surface area contributed by atoms with Gasteiger partial charge in [0.25, 0.3) is 0 Å². The predicted octanol–water partition coefficient (Wildman–Crippen LogP) is 2.50. The van der Waals surface area contributed by atoms with Crippen LogP contribution in [0.4, 0.5) is 0 Å². The smallest absolute Gasteiger partial charge is 0.306 e. The molecule has 0 rings (SSSR count). The molecule has 0 aliphatic rings. The summed E-state index contributed by atoms with van der Waals surface area (Å²) in [7, 11) is 0. The van der Waals surface area contributed by atoms with Crippen LogP contribution < -0.4 is 0 Å². The molecular weight excluding hydrogens is 370 g/mol. The van der Waals surface area contributed by atoms with E-state index in [-0.39, 0.29) is 5.97 Å². The first-order chi connectivity index (χ1) is 13.5. The second kappa shape index (κ2) is 18.9. The maximum absolute atomic E-state index is 11.5. The maximum Gasteiger partial charge on any atom is 0.306 e. The minimum Gasteiger partial charge on any atom is -0.460 e. The largest absolute Gasteiger partial charge is 0.460 e. The second-order valence-corrected chi connectivity index (χ2v) is 6.71. The van der Waals surface area contributed by atoms with Crippen LogP contribution in [0.15, 0.2) is 5.11 Å². The summed E-state index contributed by atoms with van der Waals surface area (Å²) in [5, 5.41) is 3.35. The molecule has 164 valence electrons. The van der Waals surface area contributed by atoms with Gasteiger partial charge in [-0.2, -0.15) is 0 Å². The summed E-state index contributed by atoms with van der Waals surface area (Å²) < 4.78 is 31.9. The van der Waals surface area contributed by atoms with Crippen molar-refractivity contribution in [3.63, 3.8) is 0 Å². The van der Waals surface area contributed by atoms with Gasteiger partial charge in [0, 0.05) is 24.5 Å². The first-order valence-corrected chi connectivity index (χ1v) is 9.57. The van der Waals surface area contributed by atoms with E-state index in [2.05, 4.69) is 10.0 Å². The molecule has 0 saturated carbocycles. The van der Waals surface area contributed by atoms with Crippen LogP contribution in [0, 0.1) is 0 Å². The standard InChI is InChI=1S/C18H35N3O7/c1-18(2,3)28-17(22)5-4-7-23-9-11-25-13-15-27-16-14-26-12-10-24-8-6-20-21-19/h4-16H2,1-3H3. The third-order valence-corrected chi connectivity index (χ3v) is 2.98. The zero-order chi connectivity index (χ0) is 20.9. The second-order valence-electron chi connectivity index (χ2n) is 6.71. The van der Waals surface area contributed by atoms with Crippen LogP contribution in [0.5, 0.6) is 0 Å². The number of rotatable bonds is 19. The summed E-state index contributed by atoms with van der Waals surface area (Å²) in [4.78, 5) is 14.1. The minimum absolute atomic E-state index is 0.202. The molecule has 10 heteroatoms. The number of esters is 1. The van der Waals surface area contributed by atoms with Gasteiger partial charge in [-0.1, -0.05) is 5.11 Å². The highest BCUT2D eigenvalue weighted by molar-refractivity contribution is 5.69. The normalized spacial score (nSPS) is 11.2. The lowest BCUT2D eigenvalue weighted by Gasteiger charge is -2.19. The third kappa shape index (κ3) is 22.6. The molecule has 0 amide bonds. The van der Waals surface area contributed by atoms with Gasteiger partial charge in [0.1, 0.15) is 5.60 Å². The Morgan fingerprint density at radius 1 is 0.786 bits per heavy atom. The summed E-state index contributed by atoms with van der Waals surface area (Å²) >= 11 is 0. The first kappa shape index (κ1) is 26.6. The number of carbonyl (C=O) groups is 1. The zero-order valence-corrected chi connectivity index (χ0v) is 17.4. The quantitative estimate of drug-likeness (QED) is 0.106. The van der Waals surface area contributed by atoms with Crippen molar-refractivity contribution in [2.75, 3.05) is 72.6 Å². The Bertz CT molecular complexity index is 424. The lowest BCUT2D eigenvalue weighted by Crippen LogP contribution is -2.23. The molecule has 0 aromatic heterocycles. The Morgan fingerprint density at radius 3 is 1.64 bits per heavy atom. The topological polar surface area (TPSA) is 121 Å². The Balaban J connectivity index is 3.14. The van der Waals surface area contributed by atoms with Gasteiger partial charge in [-0.3, -0.25) is 4.79 Å². The van der Waals surface area contributed by atoms with Gasteiger partial charge in [-0.15, -0.1) is 0 Å². The van der Waals surface area contributed by atoms with E-state index in [4.69, 9.17) is 34.0 Å². The van der Waals surface area contributed by atoms with Crippen molar-refractivity contribution in [1.82, 2.24) is 0 Å². The van der Waals surface area contributed by atoms with Crippen LogP contribution in [0.3, 0.4) is 0 Å². The van der Waals surface area contributed by atoms with E-state index in [1.807, 2.05) is 20.8 Å². The van der Waals surface area contributed by atoms with Gasteiger partial charge in [-0.25, -0.2) is 0 Å². The van der Waals surface area contributed by atoms with Crippen molar-refractivity contribution in [3.05, 3.63) is 10.4 Å². The molecule has 0 aromatic rings. The molecule has 0 N–H and O–H groups in total. The van der Waals surface area contributed by atoms with Gasteiger partial charge in [-0.05, 0) is 32.7 Å². The monoisotopic (exact) mass is 405 g/mol. The van der Waals surface area contributed by atoms with Crippen LogP contribution in [-0.4, -0.2) is 84.2 Å². The number of hydrogen-bond acceptors (Lipinski definition) is 8. The number of nitrogens with zero attached hydrogens (tertiary/aromatic N) is 3. The average Bonchev–Trinajstić information content (AvgIpc) is 2.62. The molecule has 0 aromatic carbocycles. The molecule has 0 radical (unpaired) electrons. The first-order valence-electron chi connectivity index (χ1n) is 9.57. The lowest BCUT2D eigenvalue weighted by molar-refractivity contribution is -0.155. The molecular formula is C18H35N3O7.